The molecule has 0 aliphatic heterocycles. The monoisotopic (exact) mass is 395 g/mol. The van der Waals surface area contributed by atoms with Crippen LogP contribution in [0.1, 0.15) is 42.6 Å². The summed E-state index contributed by atoms with van der Waals surface area (Å²) in [6.45, 7) is 3.58. The molecule has 1 amide bonds. The molecular formula is C24H25F2N2O+. The van der Waals surface area contributed by atoms with Gasteiger partial charge in [-0.05, 0) is 37.1 Å². The van der Waals surface area contributed by atoms with Crippen molar-refractivity contribution in [2.75, 3.05) is 0 Å². The van der Waals surface area contributed by atoms with Crippen LogP contribution in [0.5, 0.6) is 0 Å². The smallest absolute Gasteiger partial charge is 0.278 e. The van der Waals surface area contributed by atoms with Crippen molar-refractivity contribution in [3.05, 3.63) is 107 Å². The van der Waals surface area contributed by atoms with Crippen LogP contribution in [0, 0.1) is 11.6 Å². The van der Waals surface area contributed by atoms with Crippen LogP contribution < -0.4 is 10.6 Å². The summed E-state index contributed by atoms with van der Waals surface area (Å²) < 4.78 is 27.2. The normalized spacial score (nSPS) is 13.1. The first-order valence-electron chi connectivity index (χ1n) is 9.66. The van der Waals surface area contributed by atoms with Crippen molar-refractivity contribution in [2.24, 2.45) is 0 Å². The summed E-state index contributed by atoms with van der Waals surface area (Å²) in [5, 5.41) is 4.88. The summed E-state index contributed by atoms with van der Waals surface area (Å²) in [7, 11) is 0. The molecule has 0 saturated heterocycles. The minimum absolute atomic E-state index is 0.155. The average molecular weight is 395 g/mol. The lowest BCUT2D eigenvalue weighted by Gasteiger charge is -2.23. The van der Waals surface area contributed by atoms with Gasteiger partial charge in [0, 0.05) is 11.6 Å². The molecule has 3 N–H and O–H groups in total. The van der Waals surface area contributed by atoms with E-state index in [4.69, 9.17) is 0 Å². The van der Waals surface area contributed by atoms with Crippen LogP contribution in [-0.2, 0) is 4.79 Å². The SMILES string of the molecule is C[C@H]([NH2+][C@H](C)C(=O)NC(c1ccccc1)c1ccccc1)c1ccc(F)cc1F. The first kappa shape index (κ1) is 20.7. The number of carbonyl (C=O) groups is 1. The molecule has 0 spiro atoms. The van der Waals surface area contributed by atoms with E-state index in [1.165, 1.54) is 12.1 Å². The topological polar surface area (TPSA) is 45.7 Å². The number of hydrogen-bond donors (Lipinski definition) is 2. The molecule has 0 fully saturated rings. The van der Waals surface area contributed by atoms with E-state index in [9.17, 15) is 13.6 Å². The molecule has 29 heavy (non-hydrogen) atoms. The van der Waals surface area contributed by atoms with Crippen molar-refractivity contribution in [3.8, 4) is 0 Å². The highest BCUT2D eigenvalue weighted by Crippen LogP contribution is 2.22. The Morgan fingerprint density at radius 2 is 1.41 bits per heavy atom. The van der Waals surface area contributed by atoms with Crippen LogP contribution in [-0.4, -0.2) is 11.9 Å². The van der Waals surface area contributed by atoms with Gasteiger partial charge in [-0.2, -0.15) is 0 Å². The van der Waals surface area contributed by atoms with Gasteiger partial charge in [-0.3, -0.25) is 4.79 Å². The summed E-state index contributed by atoms with van der Waals surface area (Å²) in [5.74, 6) is -1.37. The molecule has 150 valence electrons. The van der Waals surface area contributed by atoms with Gasteiger partial charge in [-0.25, -0.2) is 8.78 Å². The molecule has 0 saturated carbocycles. The molecule has 0 radical (unpaired) electrons. The Morgan fingerprint density at radius 3 is 1.93 bits per heavy atom. The van der Waals surface area contributed by atoms with Gasteiger partial charge < -0.3 is 10.6 Å². The zero-order valence-corrected chi connectivity index (χ0v) is 16.5. The molecule has 3 aromatic rings. The molecule has 5 heteroatoms. The van der Waals surface area contributed by atoms with E-state index in [2.05, 4.69) is 5.32 Å². The maximum atomic E-state index is 14.0. The number of benzene rings is 3. The Kier molecular flexibility index (Phi) is 6.73. The first-order valence-corrected chi connectivity index (χ1v) is 9.66. The van der Waals surface area contributed by atoms with Crippen LogP contribution in [0.15, 0.2) is 78.9 Å². The van der Waals surface area contributed by atoms with E-state index in [0.29, 0.717) is 5.56 Å². The second-order valence-electron chi connectivity index (χ2n) is 7.20. The predicted molar refractivity (Wildman–Crippen MR) is 109 cm³/mol. The fraction of sp³-hybridized carbons (Fsp3) is 0.208. The number of halogens is 2. The Labute approximate surface area is 169 Å². The average Bonchev–Trinajstić information content (AvgIpc) is 2.73. The van der Waals surface area contributed by atoms with Crippen LogP contribution in [0.25, 0.3) is 0 Å². The molecule has 3 rings (SSSR count). The maximum Gasteiger partial charge on any atom is 0.278 e. The second-order valence-corrected chi connectivity index (χ2v) is 7.20. The molecule has 3 aromatic carbocycles. The highest BCUT2D eigenvalue weighted by molar-refractivity contribution is 5.80. The van der Waals surface area contributed by atoms with Gasteiger partial charge in [0.1, 0.15) is 17.7 Å². The number of carbonyl (C=O) groups excluding carboxylic acids is 1. The fourth-order valence-corrected chi connectivity index (χ4v) is 3.42. The van der Waals surface area contributed by atoms with Crippen LogP contribution in [0.2, 0.25) is 0 Å². The number of nitrogens with one attached hydrogen (secondary N) is 1. The van der Waals surface area contributed by atoms with Crippen molar-refractivity contribution in [2.45, 2.75) is 32.0 Å². The van der Waals surface area contributed by atoms with Crippen LogP contribution >= 0.6 is 0 Å². The van der Waals surface area contributed by atoms with Crippen molar-refractivity contribution in [3.63, 3.8) is 0 Å². The zero-order chi connectivity index (χ0) is 20.8. The van der Waals surface area contributed by atoms with Gasteiger partial charge in [0.05, 0.1) is 6.04 Å². The highest BCUT2D eigenvalue weighted by atomic mass is 19.1. The van der Waals surface area contributed by atoms with Crippen molar-refractivity contribution >= 4 is 5.91 Å². The summed E-state index contributed by atoms with van der Waals surface area (Å²) >= 11 is 0. The molecule has 0 heterocycles. The Bertz CT molecular complexity index is 908. The molecule has 0 aliphatic carbocycles. The molecule has 0 unspecified atom stereocenters. The zero-order valence-electron chi connectivity index (χ0n) is 16.5. The van der Waals surface area contributed by atoms with Gasteiger partial charge in [0.15, 0.2) is 6.04 Å². The predicted octanol–water partition coefficient (Wildman–Crippen LogP) is 3.88. The third-order valence-corrected chi connectivity index (χ3v) is 5.00. The van der Waals surface area contributed by atoms with Gasteiger partial charge >= 0.3 is 0 Å². The highest BCUT2D eigenvalue weighted by Gasteiger charge is 2.25. The van der Waals surface area contributed by atoms with E-state index in [0.717, 1.165) is 17.2 Å². The molecule has 0 aromatic heterocycles. The Balaban J connectivity index is 1.73. The summed E-state index contributed by atoms with van der Waals surface area (Å²) in [5.41, 5.74) is 2.34. The number of nitrogens with two attached hydrogens (primary N) is 1. The van der Waals surface area contributed by atoms with E-state index in [1.54, 1.807) is 19.2 Å². The van der Waals surface area contributed by atoms with Gasteiger partial charge in [-0.1, -0.05) is 60.7 Å². The Morgan fingerprint density at radius 1 is 0.862 bits per heavy atom. The first-order chi connectivity index (χ1) is 14.0. The number of hydrogen-bond acceptors (Lipinski definition) is 1. The molecular weight excluding hydrogens is 370 g/mol. The van der Waals surface area contributed by atoms with E-state index >= 15 is 0 Å². The lowest BCUT2D eigenvalue weighted by Crippen LogP contribution is -2.92. The minimum atomic E-state index is -0.613. The van der Waals surface area contributed by atoms with E-state index in [1.807, 2.05) is 60.7 Å². The number of rotatable bonds is 7. The van der Waals surface area contributed by atoms with Crippen molar-refractivity contribution in [1.82, 2.24) is 5.32 Å². The van der Waals surface area contributed by atoms with E-state index < -0.39 is 17.7 Å². The molecule has 0 bridgehead atoms. The van der Waals surface area contributed by atoms with Crippen LogP contribution in [0.4, 0.5) is 8.78 Å². The minimum Gasteiger partial charge on any atom is -0.340 e. The fourth-order valence-electron chi connectivity index (χ4n) is 3.42. The second kappa shape index (κ2) is 9.43. The third kappa shape index (κ3) is 5.27. The quantitative estimate of drug-likeness (QED) is 0.627. The van der Waals surface area contributed by atoms with Crippen LogP contribution in [0.3, 0.4) is 0 Å². The van der Waals surface area contributed by atoms with Crippen molar-refractivity contribution in [1.29, 1.82) is 0 Å². The molecule has 0 aliphatic rings. The lowest BCUT2D eigenvalue weighted by molar-refractivity contribution is -0.710. The number of quaternary nitrogens is 1. The third-order valence-electron chi connectivity index (χ3n) is 5.00. The molecule has 2 atom stereocenters. The maximum absolute atomic E-state index is 14.0. The Hall–Kier alpha value is -3.05. The number of amides is 1. The van der Waals surface area contributed by atoms with Gasteiger partial charge in [0.2, 0.25) is 0 Å². The summed E-state index contributed by atoms with van der Waals surface area (Å²) in [4.78, 5) is 12.9. The molecule has 3 nitrogen and oxygen atoms in total. The van der Waals surface area contributed by atoms with Gasteiger partial charge in [-0.15, -0.1) is 0 Å². The van der Waals surface area contributed by atoms with Crippen molar-refractivity contribution < 1.29 is 18.9 Å². The largest absolute Gasteiger partial charge is 0.340 e. The lowest BCUT2D eigenvalue weighted by atomic mass is 9.98. The summed E-state index contributed by atoms with van der Waals surface area (Å²) in [6, 6.07) is 22.0. The summed E-state index contributed by atoms with van der Waals surface area (Å²) in [6.07, 6.45) is 0. The van der Waals surface area contributed by atoms with E-state index in [-0.39, 0.29) is 18.0 Å². The standard InChI is InChI=1S/C24H24F2N2O/c1-16(21-14-13-20(25)15-22(21)26)27-17(2)24(29)28-23(18-9-5-3-6-10-18)19-11-7-4-8-12-19/h3-17,23,27H,1-2H3,(H,28,29)/p+1/t16-,17+/m0/s1. The van der Waals surface area contributed by atoms with Gasteiger partial charge in [0.25, 0.3) is 5.91 Å².